The molecule has 2 N–H and O–H groups in total. The summed E-state index contributed by atoms with van der Waals surface area (Å²) in [5.74, 6) is 0.296. The number of hydrogen-bond acceptors (Lipinski definition) is 3. The maximum atomic E-state index is 9.16. The molecular weight excluding hydrogens is 178 g/mol. The molecule has 1 saturated heterocycles. The smallest absolute Gasteiger partial charge is 0.115 e. The summed E-state index contributed by atoms with van der Waals surface area (Å²) in [5, 5.41) is 12.5. The number of rotatable bonds is 1. The molecule has 1 aromatic rings. The highest BCUT2D eigenvalue weighted by molar-refractivity contribution is 5.28. The van der Waals surface area contributed by atoms with Gasteiger partial charge in [0.2, 0.25) is 0 Å². The minimum atomic E-state index is 0.101. The minimum Gasteiger partial charge on any atom is -0.508 e. The van der Waals surface area contributed by atoms with Crippen molar-refractivity contribution in [2.24, 2.45) is 0 Å². The third-order valence-corrected chi connectivity index (χ3v) is 2.54. The fourth-order valence-electron chi connectivity index (χ4n) is 1.77. The van der Waals surface area contributed by atoms with Crippen LogP contribution in [-0.2, 0) is 4.74 Å². The van der Waals surface area contributed by atoms with Crippen molar-refractivity contribution >= 4 is 0 Å². The normalized spacial score (nSPS) is 27.5. The fourth-order valence-corrected chi connectivity index (χ4v) is 1.77. The molecule has 1 aromatic carbocycles. The van der Waals surface area contributed by atoms with Gasteiger partial charge in [-0.3, -0.25) is 0 Å². The van der Waals surface area contributed by atoms with Crippen molar-refractivity contribution in [1.29, 1.82) is 0 Å². The van der Waals surface area contributed by atoms with E-state index in [0.29, 0.717) is 11.8 Å². The number of morpholine rings is 1. The van der Waals surface area contributed by atoms with Crippen molar-refractivity contribution in [3.63, 3.8) is 0 Å². The Morgan fingerprint density at radius 2 is 2.07 bits per heavy atom. The van der Waals surface area contributed by atoms with E-state index in [1.807, 2.05) is 12.1 Å². The largest absolute Gasteiger partial charge is 0.508 e. The Labute approximate surface area is 83.7 Å². The molecule has 14 heavy (non-hydrogen) atoms. The van der Waals surface area contributed by atoms with E-state index >= 15 is 0 Å². The van der Waals surface area contributed by atoms with Crippen molar-refractivity contribution < 1.29 is 9.84 Å². The monoisotopic (exact) mass is 193 g/mol. The van der Waals surface area contributed by atoms with Crippen molar-refractivity contribution in [1.82, 2.24) is 5.32 Å². The summed E-state index contributed by atoms with van der Waals surface area (Å²) >= 11 is 0. The molecule has 0 saturated carbocycles. The van der Waals surface area contributed by atoms with Crippen LogP contribution in [0.4, 0.5) is 0 Å². The van der Waals surface area contributed by atoms with E-state index in [1.54, 1.807) is 12.1 Å². The molecule has 2 atom stereocenters. The number of ether oxygens (including phenoxy) is 1. The van der Waals surface area contributed by atoms with Gasteiger partial charge in [0.05, 0.1) is 12.7 Å². The maximum Gasteiger partial charge on any atom is 0.115 e. The van der Waals surface area contributed by atoms with E-state index in [2.05, 4.69) is 12.2 Å². The molecule has 1 aliphatic heterocycles. The van der Waals surface area contributed by atoms with Gasteiger partial charge in [0.15, 0.2) is 0 Å². The Morgan fingerprint density at radius 3 is 2.71 bits per heavy atom. The molecule has 0 aromatic heterocycles. The van der Waals surface area contributed by atoms with Crippen molar-refractivity contribution in [3.05, 3.63) is 29.8 Å². The number of aromatic hydroxyl groups is 1. The topological polar surface area (TPSA) is 41.5 Å². The van der Waals surface area contributed by atoms with Gasteiger partial charge < -0.3 is 15.2 Å². The van der Waals surface area contributed by atoms with E-state index in [0.717, 1.165) is 18.7 Å². The number of phenols is 1. The van der Waals surface area contributed by atoms with E-state index in [4.69, 9.17) is 9.84 Å². The van der Waals surface area contributed by atoms with Crippen LogP contribution in [0.1, 0.15) is 18.6 Å². The van der Waals surface area contributed by atoms with Gasteiger partial charge in [-0.15, -0.1) is 0 Å². The summed E-state index contributed by atoms with van der Waals surface area (Å²) in [7, 11) is 0. The molecule has 3 heteroatoms. The first-order chi connectivity index (χ1) is 6.77. The van der Waals surface area contributed by atoms with Crippen molar-refractivity contribution in [3.8, 4) is 5.75 Å². The zero-order valence-corrected chi connectivity index (χ0v) is 8.23. The zero-order valence-electron chi connectivity index (χ0n) is 8.23. The number of nitrogens with one attached hydrogen (secondary N) is 1. The van der Waals surface area contributed by atoms with Gasteiger partial charge >= 0.3 is 0 Å². The fraction of sp³-hybridized carbons (Fsp3) is 0.455. The Kier molecular flexibility index (Phi) is 2.70. The van der Waals surface area contributed by atoms with Gasteiger partial charge in [-0.2, -0.15) is 0 Å². The molecule has 1 heterocycles. The van der Waals surface area contributed by atoms with E-state index in [1.165, 1.54) is 0 Å². The molecule has 2 unspecified atom stereocenters. The van der Waals surface area contributed by atoms with Crippen LogP contribution in [0.3, 0.4) is 0 Å². The van der Waals surface area contributed by atoms with Gasteiger partial charge in [0.25, 0.3) is 0 Å². The highest BCUT2D eigenvalue weighted by Crippen LogP contribution is 2.24. The summed E-state index contributed by atoms with van der Waals surface area (Å²) < 4.78 is 5.67. The molecular formula is C11H15NO2. The van der Waals surface area contributed by atoms with Gasteiger partial charge in [-0.1, -0.05) is 12.1 Å². The van der Waals surface area contributed by atoms with Gasteiger partial charge in [0, 0.05) is 12.6 Å². The average molecular weight is 193 g/mol. The lowest BCUT2D eigenvalue weighted by Gasteiger charge is -2.30. The average Bonchev–Trinajstić information content (AvgIpc) is 2.20. The van der Waals surface area contributed by atoms with Crippen LogP contribution in [0.25, 0.3) is 0 Å². The molecule has 0 amide bonds. The summed E-state index contributed by atoms with van der Waals surface area (Å²) in [6.07, 6.45) is 0.101. The van der Waals surface area contributed by atoms with Crippen molar-refractivity contribution in [2.75, 3.05) is 13.2 Å². The lowest BCUT2D eigenvalue weighted by atomic mass is 10.0. The maximum absolute atomic E-state index is 9.16. The van der Waals surface area contributed by atoms with Crippen LogP contribution in [0.2, 0.25) is 0 Å². The van der Waals surface area contributed by atoms with Crippen molar-refractivity contribution in [2.45, 2.75) is 19.1 Å². The molecule has 0 bridgehead atoms. The van der Waals surface area contributed by atoms with Gasteiger partial charge in [0.1, 0.15) is 5.75 Å². The number of benzene rings is 1. The molecule has 2 rings (SSSR count). The second kappa shape index (κ2) is 3.98. The third kappa shape index (κ3) is 1.89. The number of phenolic OH excluding ortho intramolecular Hbond substituents is 1. The predicted octanol–water partition coefficient (Wildman–Crippen LogP) is 1.44. The zero-order chi connectivity index (χ0) is 9.97. The SMILES string of the molecule is CC1NCCOC1c1ccc(O)cc1. The molecule has 0 radical (unpaired) electrons. The Bertz CT molecular complexity index is 297. The Balaban J connectivity index is 2.16. The highest BCUT2D eigenvalue weighted by atomic mass is 16.5. The third-order valence-electron chi connectivity index (χ3n) is 2.54. The van der Waals surface area contributed by atoms with Crippen LogP contribution in [-0.4, -0.2) is 24.3 Å². The molecule has 1 fully saturated rings. The molecule has 76 valence electrons. The first-order valence-electron chi connectivity index (χ1n) is 4.91. The first-order valence-corrected chi connectivity index (χ1v) is 4.91. The van der Waals surface area contributed by atoms with E-state index < -0.39 is 0 Å². The predicted molar refractivity (Wildman–Crippen MR) is 54.3 cm³/mol. The molecule has 0 spiro atoms. The highest BCUT2D eigenvalue weighted by Gasteiger charge is 2.22. The summed E-state index contributed by atoms with van der Waals surface area (Å²) in [4.78, 5) is 0. The minimum absolute atomic E-state index is 0.101. The first kappa shape index (κ1) is 9.49. The van der Waals surface area contributed by atoms with E-state index in [9.17, 15) is 0 Å². The number of hydrogen-bond donors (Lipinski definition) is 2. The molecule has 1 aliphatic rings. The van der Waals surface area contributed by atoms with Crippen LogP contribution < -0.4 is 5.32 Å². The van der Waals surface area contributed by atoms with Crippen LogP contribution >= 0.6 is 0 Å². The summed E-state index contributed by atoms with van der Waals surface area (Å²) in [5.41, 5.74) is 1.11. The Hall–Kier alpha value is -1.06. The second-order valence-electron chi connectivity index (χ2n) is 3.63. The lowest BCUT2D eigenvalue weighted by Crippen LogP contribution is -2.41. The van der Waals surface area contributed by atoms with Crippen LogP contribution in [0.15, 0.2) is 24.3 Å². The van der Waals surface area contributed by atoms with Gasteiger partial charge in [-0.25, -0.2) is 0 Å². The molecule has 0 aliphatic carbocycles. The summed E-state index contributed by atoms with van der Waals surface area (Å²) in [6, 6.07) is 7.53. The lowest BCUT2D eigenvalue weighted by molar-refractivity contribution is -0.000242. The van der Waals surface area contributed by atoms with Gasteiger partial charge in [-0.05, 0) is 24.6 Å². The second-order valence-corrected chi connectivity index (χ2v) is 3.63. The van der Waals surface area contributed by atoms with Crippen LogP contribution in [0, 0.1) is 0 Å². The molecule has 3 nitrogen and oxygen atoms in total. The van der Waals surface area contributed by atoms with Crippen LogP contribution in [0.5, 0.6) is 5.75 Å². The standard InChI is InChI=1S/C11H15NO2/c1-8-11(14-7-6-12-8)9-2-4-10(13)5-3-9/h2-5,8,11-13H,6-7H2,1H3. The van der Waals surface area contributed by atoms with E-state index in [-0.39, 0.29) is 6.10 Å². The quantitative estimate of drug-likeness (QED) is 0.709. The Morgan fingerprint density at radius 1 is 1.36 bits per heavy atom. The summed E-state index contributed by atoms with van der Waals surface area (Å²) in [6.45, 7) is 3.77.